The zero-order chi connectivity index (χ0) is 14.3. The van der Waals surface area contributed by atoms with Gasteiger partial charge in [-0.2, -0.15) is 0 Å². The first kappa shape index (κ1) is 17.0. The van der Waals surface area contributed by atoms with Gasteiger partial charge < -0.3 is 5.73 Å². The van der Waals surface area contributed by atoms with Gasteiger partial charge in [0, 0.05) is 24.2 Å². The SMILES string of the molecule is CCCCCCCC(C)(CN)N1C(C)CCC1CC. The molecule has 1 rings (SSSR count). The van der Waals surface area contributed by atoms with E-state index in [0.717, 1.165) is 12.6 Å². The molecular formula is C17H36N2. The van der Waals surface area contributed by atoms with Gasteiger partial charge in [0.15, 0.2) is 0 Å². The number of unbranched alkanes of at least 4 members (excludes halogenated alkanes) is 4. The molecule has 1 saturated heterocycles. The highest BCUT2D eigenvalue weighted by atomic mass is 15.3. The number of nitrogens with two attached hydrogens (primary N) is 1. The third kappa shape index (κ3) is 4.46. The smallest absolute Gasteiger partial charge is 0.0309 e. The summed E-state index contributed by atoms with van der Waals surface area (Å²) in [6.45, 7) is 10.2. The highest BCUT2D eigenvalue weighted by Gasteiger charge is 2.40. The monoisotopic (exact) mass is 268 g/mol. The maximum absolute atomic E-state index is 6.17. The van der Waals surface area contributed by atoms with Crippen LogP contribution in [-0.2, 0) is 0 Å². The number of likely N-dealkylation sites (tertiary alicyclic amines) is 1. The number of hydrogen-bond donors (Lipinski definition) is 1. The molecule has 114 valence electrons. The van der Waals surface area contributed by atoms with Crippen LogP contribution in [0.15, 0.2) is 0 Å². The van der Waals surface area contributed by atoms with Gasteiger partial charge in [-0.3, -0.25) is 4.90 Å². The summed E-state index contributed by atoms with van der Waals surface area (Å²) in [6, 6.07) is 1.48. The Morgan fingerprint density at radius 2 is 1.79 bits per heavy atom. The van der Waals surface area contributed by atoms with Crippen LogP contribution in [-0.4, -0.2) is 29.1 Å². The summed E-state index contributed by atoms with van der Waals surface area (Å²) < 4.78 is 0. The number of hydrogen-bond acceptors (Lipinski definition) is 2. The fraction of sp³-hybridized carbons (Fsp3) is 1.00. The van der Waals surface area contributed by atoms with Crippen LogP contribution in [0.4, 0.5) is 0 Å². The summed E-state index contributed by atoms with van der Waals surface area (Å²) in [7, 11) is 0. The third-order valence-corrected chi connectivity index (χ3v) is 5.14. The van der Waals surface area contributed by atoms with E-state index in [0.29, 0.717) is 6.04 Å². The van der Waals surface area contributed by atoms with Crippen LogP contribution in [0.5, 0.6) is 0 Å². The summed E-state index contributed by atoms with van der Waals surface area (Å²) in [5, 5.41) is 0. The van der Waals surface area contributed by atoms with E-state index >= 15 is 0 Å². The van der Waals surface area contributed by atoms with Crippen LogP contribution in [0.1, 0.15) is 85.5 Å². The Kier molecular flexibility index (Phi) is 7.38. The largest absolute Gasteiger partial charge is 0.329 e. The van der Waals surface area contributed by atoms with Crippen molar-refractivity contribution >= 4 is 0 Å². The lowest BCUT2D eigenvalue weighted by atomic mass is 9.90. The van der Waals surface area contributed by atoms with Gasteiger partial charge in [-0.05, 0) is 39.5 Å². The molecule has 3 atom stereocenters. The Balaban J connectivity index is 2.52. The van der Waals surface area contributed by atoms with Crippen molar-refractivity contribution in [3.63, 3.8) is 0 Å². The van der Waals surface area contributed by atoms with E-state index in [-0.39, 0.29) is 5.54 Å². The standard InChI is InChI=1S/C17H36N2/c1-5-7-8-9-10-13-17(4,14-18)19-15(3)11-12-16(19)6-2/h15-16H,5-14,18H2,1-4H3. The highest BCUT2D eigenvalue weighted by molar-refractivity contribution is 4.97. The second kappa shape index (κ2) is 8.26. The van der Waals surface area contributed by atoms with Crippen molar-refractivity contribution in [3.8, 4) is 0 Å². The van der Waals surface area contributed by atoms with Crippen molar-refractivity contribution in [2.75, 3.05) is 6.54 Å². The minimum absolute atomic E-state index is 0.225. The molecule has 1 aliphatic heterocycles. The van der Waals surface area contributed by atoms with Crippen LogP contribution in [0.25, 0.3) is 0 Å². The zero-order valence-electron chi connectivity index (χ0n) is 13.8. The van der Waals surface area contributed by atoms with E-state index in [2.05, 4.69) is 32.6 Å². The van der Waals surface area contributed by atoms with Gasteiger partial charge >= 0.3 is 0 Å². The molecule has 0 radical (unpaired) electrons. The van der Waals surface area contributed by atoms with Gasteiger partial charge in [0.25, 0.3) is 0 Å². The third-order valence-electron chi connectivity index (χ3n) is 5.14. The Hall–Kier alpha value is -0.0800. The molecule has 0 aromatic rings. The van der Waals surface area contributed by atoms with Crippen LogP contribution < -0.4 is 5.73 Å². The van der Waals surface area contributed by atoms with Crippen molar-refractivity contribution in [2.24, 2.45) is 5.73 Å². The Morgan fingerprint density at radius 1 is 1.11 bits per heavy atom. The second-order valence-electron chi connectivity index (χ2n) is 6.76. The summed E-state index contributed by atoms with van der Waals surface area (Å²) in [4.78, 5) is 2.76. The molecule has 0 spiro atoms. The molecule has 1 fully saturated rings. The molecule has 1 aliphatic rings. The molecule has 0 saturated carbocycles. The van der Waals surface area contributed by atoms with Crippen molar-refractivity contribution < 1.29 is 0 Å². The van der Waals surface area contributed by atoms with E-state index in [9.17, 15) is 0 Å². The maximum Gasteiger partial charge on any atom is 0.0309 e. The first-order valence-electron chi connectivity index (χ1n) is 8.57. The summed E-state index contributed by atoms with van der Waals surface area (Å²) in [5.74, 6) is 0. The lowest BCUT2D eigenvalue weighted by Crippen LogP contribution is -2.56. The van der Waals surface area contributed by atoms with Crippen molar-refractivity contribution in [1.29, 1.82) is 0 Å². The molecule has 1 heterocycles. The highest BCUT2D eigenvalue weighted by Crippen LogP contribution is 2.35. The van der Waals surface area contributed by atoms with Gasteiger partial charge in [-0.15, -0.1) is 0 Å². The van der Waals surface area contributed by atoms with E-state index in [1.165, 1.54) is 57.8 Å². The molecule has 2 nitrogen and oxygen atoms in total. The predicted molar refractivity (Wildman–Crippen MR) is 85.4 cm³/mol. The fourth-order valence-electron chi connectivity index (χ4n) is 3.89. The van der Waals surface area contributed by atoms with Crippen molar-refractivity contribution in [3.05, 3.63) is 0 Å². The number of rotatable bonds is 9. The average Bonchev–Trinajstić information content (AvgIpc) is 2.80. The summed E-state index contributed by atoms with van der Waals surface area (Å²) >= 11 is 0. The van der Waals surface area contributed by atoms with Gasteiger partial charge in [0.05, 0.1) is 0 Å². The molecule has 2 heteroatoms. The minimum Gasteiger partial charge on any atom is -0.329 e. The summed E-state index contributed by atoms with van der Waals surface area (Å²) in [6.07, 6.45) is 12.1. The predicted octanol–water partition coefficient (Wildman–Crippen LogP) is 4.33. The van der Waals surface area contributed by atoms with Gasteiger partial charge in [0.1, 0.15) is 0 Å². The van der Waals surface area contributed by atoms with Gasteiger partial charge in [-0.1, -0.05) is 46.0 Å². The minimum atomic E-state index is 0.225. The zero-order valence-corrected chi connectivity index (χ0v) is 13.8. The van der Waals surface area contributed by atoms with Crippen LogP contribution in [0.2, 0.25) is 0 Å². The van der Waals surface area contributed by atoms with E-state index in [4.69, 9.17) is 5.73 Å². The Morgan fingerprint density at radius 3 is 2.37 bits per heavy atom. The average molecular weight is 268 g/mol. The molecule has 0 aromatic heterocycles. The van der Waals surface area contributed by atoms with Gasteiger partial charge in [0.2, 0.25) is 0 Å². The van der Waals surface area contributed by atoms with E-state index < -0.39 is 0 Å². The molecule has 0 aromatic carbocycles. The molecule has 2 N–H and O–H groups in total. The topological polar surface area (TPSA) is 29.3 Å². The quantitative estimate of drug-likeness (QED) is 0.631. The molecule has 0 aliphatic carbocycles. The summed E-state index contributed by atoms with van der Waals surface area (Å²) in [5.41, 5.74) is 6.39. The molecule has 19 heavy (non-hydrogen) atoms. The molecule has 3 unspecified atom stereocenters. The van der Waals surface area contributed by atoms with Crippen LogP contribution >= 0.6 is 0 Å². The van der Waals surface area contributed by atoms with Gasteiger partial charge in [-0.25, -0.2) is 0 Å². The normalized spacial score (nSPS) is 27.6. The molecule has 0 bridgehead atoms. The van der Waals surface area contributed by atoms with E-state index in [1.54, 1.807) is 0 Å². The second-order valence-corrected chi connectivity index (χ2v) is 6.76. The maximum atomic E-state index is 6.17. The lowest BCUT2D eigenvalue weighted by molar-refractivity contribution is 0.0505. The molecular weight excluding hydrogens is 232 g/mol. The van der Waals surface area contributed by atoms with Crippen LogP contribution in [0, 0.1) is 0 Å². The Bertz CT molecular complexity index is 241. The first-order chi connectivity index (χ1) is 9.09. The van der Waals surface area contributed by atoms with Crippen molar-refractivity contribution in [2.45, 2.75) is 103 Å². The molecule has 0 amide bonds. The fourth-order valence-corrected chi connectivity index (χ4v) is 3.89. The Labute approximate surface area is 121 Å². The van der Waals surface area contributed by atoms with Crippen LogP contribution in [0.3, 0.4) is 0 Å². The first-order valence-corrected chi connectivity index (χ1v) is 8.57. The van der Waals surface area contributed by atoms with E-state index in [1.807, 2.05) is 0 Å². The van der Waals surface area contributed by atoms with Crippen molar-refractivity contribution in [1.82, 2.24) is 4.90 Å². The number of nitrogens with zero attached hydrogens (tertiary/aromatic N) is 1. The lowest BCUT2D eigenvalue weighted by Gasteiger charge is -2.44.